The summed E-state index contributed by atoms with van der Waals surface area (Å²) >= 11 is 1.44. The SMILES string of the molecule is COC(C)(C)CCCC(C)CCSC(C)=O. The van der Waals surface area contributed by atoms with E-state index in [2.05, 4.69) is 20.8 Å². The lowest BCUT2D eigenvalue weighted by molar-refractivity contribution is -0.109. The molecule has 16 heavy (non-hydrogen) atoms. The van der Waals surface area contributed by atoms with E-state index in [1.165, 1.54) is 24.6 Å². The molecule has 1 unspecified atom stereocenters. The molecule has 0 aromatic heterocycles. The van der Waals surface area contributed by atoms with Gasteiger partial charge in [0.2, 0.25) is 0 Å². The predicted octanol–water partition coefficient (Wildman–Crippen LogP) is 3.89. The van der Waals surface area contributed by atoms with Gasteiger partial charge in [-0.1, -0.05) is 31.5 Å². The van der Waals surface area contributed by atoms with Gasteiger partial charge in [-0.2, -0.15) is 0 Å². The third-order valence-electron chi connectivity index (χ3n) is 2.94. The zero-order chi connectivity index (χ0) is 12.6. The number of hydrogen-bond acceptors (Lipinski definition) is 3. The molecule has 0 aromatic rings. The van der Waals surface area contributed by atoms with Crippen molar-refractivity contribution in [3.63, 3.8) is 0 Å². The number of rotatable bonds is 8. The fourth-order valence-corrected chi connectivity index (χ4v) is 2.33. The van der Waals surface area contributed by atoms with Crippen molar-refractivity contribution in [3.8, 4) is 0 Å². The van der Waals surface area contributed by atoms with Crippen LogP contribution in [0, 0.1) is 5.92 Å². The zero-order valence-corrected chi connectivity index (χ0v) is 12.2. The Hall–Kier alpha value is -0.0200. The maximum atomic E-state index is 10.8. The van der Waals surface area contributed by atoms with Crippen molar-refractivity contribution in [1.29, 1.82) is 0 Å². The van der Waals surface area contributed by atoms with Gasteiger partial charge >= 0.3 is 0 Å². The van der Waals surface area contributed by atoms with Gasteiger partial charge < -0.3 is 4.74 Å². The van der Waals surface area contributed by atoms with Gasteiger partial charge in [0.05, 0.1) is 5.60 Å². The van der Waals surface area contributed by atoms with Crippen LogP contribution in [0.3, 0.4) is 0 Å². The first-order chi connectivity index (χ1) is 7.37. The van der Waals surface area contributed by atoms with Gasteiger partial charge in [0.15, 0.2) is 5.12 Å². The highest BCUT2D eigenvalue weighted by Gasteiger charge is 2.16. The van der Waals surface area contributed by atoms with Crippen LogP contribution in [-0.2, 0) is 9.53 Å². The van der Waals surface area contributed by atoms with Crippen LogP contribution in [-0.4, -0.2) is 23.6 Å². The number of hydrogen-bond donors (Lipinski definition) is 0. The predicted molar refractivity (Wildman–Crippen MR) is 71.9 cm³/mol. The number of ether oxygens (including phenoxy) is 1. The molecular formula is C13H26O2S. The summed E-state index contributed by atoms with van der Waals surface area (Å²) < 4.78 is 5.38. The number of carbonyl (C=O) groups excluding carboxylic acids is 1. The molecule has 96 valence electrons. The number of methoxy groups -OCH3 is 1. The lowest BCUT2D eigenvalue weighted by atomic mass is 9.95. The fraction of sp³-hybridized carbons (Fsp3) is 0.923. The van der Waals surface area contributed by atoms with E-state index in [0.717, 1.165) is 18.6 Å². The average molecular weight is 246 g/mol. The van der Waals surface area contributed by atoms with Crippen LogP contribution in [0.15, 0.2) is 0 Å². The average Bonchev–Trinajstić information content (AvgIpc) is 2.17. The molecule has 0 radical (unpaired) electrons. The first-order valence-electron chi connectivity index (χ1n) is 6.06. The zero-order valence-electron chi connectivity index (χ0n) is 11.3. The van der Waals surface area contributed by atoms with Crippen LogP contribution in [0.5, 0.6) is 0 Å². The van der Waals surface area contributed by atoms with E-state index in [9.17, 15) is 4.79 Å². The van der Waals surface area contributed by atoms with E-state index < -0.39 is 0 Å². The minimum absolute atomic E-state index is 0.00779. The normalized spacial score (nSPS) is 13.8. The molecule has 0 aliphatic rings. The van der Waals surface area contributed by atoms with Crippen molar-refractivity contribution in [2.24, 2.45) is 5.92 Å². The van der Waals surface area contributed by atoms with Crippen LogP contribution in [0.2, 0.25) is 0 Å². The monoisotopic (exact) mass is 246 g/mol. The second-order valence-electron chi connectivity index (χ2n) is 5.09. The topological polar surface area (TPSA) is 26.3 Å². The molecule has 1 atom stereocenters. The van der Waals surface area contributed by atoms with E-state index in [4.69, 9.17) is 4.74 Å². The van der Waals surface area contributed by atoms with Gasteiger partial charge in [0.25, 0.3) is 0 Å². The molecule has 0 fully saturated rings. The maximum absolute atomic E-state index is 10.8. The molecule has 0 N–H and O–H groups in total. The molecule has 0 rings (SSSR count). The van der Waals surface area contributed by atoms with Crippen LogP contribution < -0.4 is 0 Å². The van der Waals surface area contributed by atoms with Crippen molar-refractivity contribution in [3.05, 3.63) is 0 Å². The Labute approximate surface area is 105 Å². The summed E-state index contributed by atoms with van der Waals surface area (Å²) in [5.41, 5.74) is 0.00779. The Bertz CT molecular complexity index is 202. The molecule has 3 heteroatoms. The minimum atomic E-state index is 0.00779. The molecule has 0 amide bonds. The van der Waals surface area contributed by atoms with Crippen molar-refractivity contribution in [2.45, 2.75) is 59.0 Å². The molecule has 0 saturated heterocycles. The third-order valence-corrected chi connectivity index (χ3v) is 3.79. The molecule has 0 aromatic carbocycles. The molecule has 0 saturated carbocycles. The summed E-state index contributed by atoms with van der Waals surface area (Å²) in [6, 6.07) is 0. The van der Waals surface area contributed by atoms with E-state index in [1.54, 1.807) is 14.0 Å². The van der Waals surface area contributed by atoms with Gasteiger partial charge in [0.1, 0.15) is 0 Å². The Balaban J connectivity index is 3.50. The van der Waals surface area contributed by atoms with Crippen LogP contribution in [0.1, 0.15) is 53.4 Å². The lowest BCUT2D eigenvalue weighted by Gasteiger charge is -2.23. The van der Waals surface area contributed by atoms with Gasteiger partial charge in [0, 0.05) is 19.8 Å². The highest BCUT2D eigenvalue weighted by Crippen LogP contribution is 2.21. The highest BCUT2D eigenvalue weighted by molar-refractivity contribution is 8.13. The Morgan fingerprint density at radius 2 is 2.00 bits per heavy atom. The summed E-state index contributed by atoms with van der Waals surface area (Å²) in [5.74, 6) is 1.67. The van der Waals surface area contributed by atoms with E-state index in [1.807, 2.05) is 0 Å². The highest BCUT2D eigenvalue weighted by atomic mass is 32.2. The number of thioether (sulfide) groups is 1. The first-order valence-corrected chi connectivity index (χ1v) is 7.04. The summed E-state index contributed by atoms with van der Waals surface area (Å²) in [4.78, 5) is 10.8. The Kier molecular flexibility index (Phi) is 8.12. The van der Waals surface area contributed by atoms with Gasteiger partial charge in [-0.15, -0.1) is 0 Å². The molecule has 0 spiro atoms. The summed E-state index contributed by atoms with van der Waals surface area (Å²) in [5, 5.41) is 0.229. The van der Waals surface area contributed by atoms with Gasteiger partial charge in [-0.25, -0.2) is 0 Å². The fourth-order valence-electron chi connectivity index (χ4n) is 1.53. The minimum Gasteiger partial charge on any atom is -0.379 e. The summed E-state index contributed by atoms with van der Waals surface area (Å²) in [7, 11) is 1.77. The lowest BCUT2D eigenvalue weighted by Crippen LogP contribution is -2.22. The van der Waals surface area contributed by atoms with Crippen LogP contribution >= 0.6 is 11.8 Å². The first kappa shape index (κ1) is 16.0. The molecule has 0 heterocycles. The second-order valence-corrected chi connectivity index (χ2v) is 6.36. The van der Waals surface area contributed by atoms with Crippen molar-refractivity contribution in [1.82, 2.24) is 0 Å². The van der Waals surface area contributed by atoms with Crippen LogP contribution in [0.25, 0.3) is 0 Å². The summed E-state index contributed by atoms with van der Waals surface area (Å²) in [6.45, 7) is 8.16. The van der Waals surface area contributed by atoms with Crippen molar-refractivity contribution >= 4 is 16.9 Å². The smallest absolute Gasteiger partial charge is 0.185 e. The standard InChI is InChI=1S/C13H26O2S/c1-11(8-10-16-12(2)14)7-6-9-13(3,4)15-5/h11H,6-10H2,1-5H3. The van der Waals surface area contributed by atoms with E-state index >= 15 is 0 Å². The molecule has 2 nitrogen and oxygen atoms in total. The molecule has 0 bridgehead atoms. The Morgan fingerprint density at radius 3 is 2.50 bits per heavy atom. The van der Waals surface area contributed by atoms with E-state index in [0.29, 0.717) is 5.92 Å². The molecule has 0 aliphatic carbocycles. The van der Waals surface area contributed by atoms with Crippen molar-refractivity contribution < 1.29 is 9.53 Å². The third kappa shape index (κ3) is 9.22. The Morgan fingerprint density at radius 1 is 1.38 bits per heavy atom. The number of carbonyl (C=O) groups is 1. The van der Waals surface area contributed by atoms with E-state index in [-0.39, 0.29) is 10.7 Å². The summed E-state index contributed by atoms with van der Waals surface area (Å²) in [6.07, 6.45) is 4.67. The van der Waals surface area contributed by atoms with Gasteiger partial charge in [-0.05, 0) is 32.6 Å². The molecule has 0 aliphatic heterocycles. The largest absolute Gasteiger partial charge is 0.379 e. The maximum Gasteiger partial charge on any atom is 0.185 e. The van der Waals surface area contributed by atoms with Crippen molar-refractivity contribution in [2.75, 3.05) is 12.9 Å². The quantitative estimate of drug-likeness (QED) is 0.650. The van der Waals surface area contributed by atoms with Gasteiger partial charge in [-0.3, -0.25) is 4.79 Å². The van der Waals surface area contributed by atoms with Crippen LogP contribution in [0.4, 0.5) is 0 Å². The molecular weight excluding hydrogens is 220 g/mol. The second kappa shape index (κ2) is 8.13.